The lowest BCUT2D eigenvalue weighted by Gasteiger charge is -2.19. The molecule has 0 radical (unpaired) electrons. The second-order valence-electron chi connectivity index (χ2n) is 4.32. The van der Waals surface area contributed by atoms with Crippen LogP contribution in [0.25, 0.3) is 0 Å². The Morgan fingerprint density at radius 2 is 2.12 bits per heavy atom. The predicted octanol–water partition coefficient (Wildman–Crippen LogP) is 2.12. The molecule has 1 aromatic rings. The van der Waals surface area contributed by atoms with Crippen molar-refractivity contribution in [1.82, 2.24) is 5.43 Å². The Hall–Kier alpha value is -1.42. The van der Waals surface area contributed by atoms with Crippen LogP contribution in [-0.4, -0.2) is 10.8 Å². The predicted molar refractivity (Wildman–Crippen MR) is 75.2 cm³/mol. The quantitative estimate of drug-likeness (QED) is 0.478. The molecule has 3 N–H and O–H groups in total. The summed E-state index contributed by atoms with van der Waals surface area (Å²) in [5.74, 6) is 0. The molecule has 0 heterocycles. The third kappa shape index (κ3) is 2.82. The van der Waals surface area contributed by atoms with Crippen LogP contribution >= 0.6 is 12.2 Å². The summed E-state index contributed by atoms with van der Waals surface area (Å²) in [5, 5.41) is 4.41. The van der Waals surface area contributed by atoms with Crippen LogP contribution in [0.3, 0.4) is 0 Å². The minimum atomic E-state index is 0.203. The van der Waals surface area contributed by atoms with Gasteiger partial charge in [-0.3, -0.25) is 5.43 Å². The molecule has 0 spiro atoms. The summed E-state index contributed by atoms with van der Waals surface area (Å²) < 4.78 is 0. The third-order valence-corrected chi connectivity index (χ3v) is 3.21. The molecule has 4 heteroatoms. The van der Waals surface area contributed by atoms with E-state index in [4.69, 9.17) is 18.0 Å². The number of nitrogens with zero attached hydrogens (tertiary/aromatic N) is 1. The number of hydrogen-bond acceptors (Lipinski definition) is 2. The zero-order valence-electron chi connectivity index (χ0n) is 9.99. The molecule has 1 aliphatic carbocycles. The van der Waals surface area contributed by atoms with E-state index in [-0.39, 0.29) is 5.11 Å². The Morgan fingerprint density at radius 3 is 2.88 bits per heavy atom. The van der Waals surface area contributed by atoms with Gasteiger partial charge in [0.15, 0.2) is 5.11 Å². The molecule has 2 rings (SSSR count). The van der Waals surface area contributed by atoms with Crippen molar-refractivity contribution in [2.45, 2.75) is 32.6 Å². The molecule has 0 saturated heterocycles. The first-order valence-electron chi connectivity index (χ1n) is 5.89. The average Bonchev–Trinajstić information content (AvgIpc) is 2.35. The lowest BCUT2D eigenvalue weighted by Crippen LogP contribution is -2.25. The zero-order valence-corrected chi connectivity index (χ0v) is 10.8. The summed E-state index contributed by atoms with van der Waals surface area (Å²) in [7, 11) is 0. The highest BCUT2D eigenvalue weighted by atomic mass is 32.1. The summed E-state index contributed by atoms with van der Waals surface area (Å²) in [5.41, 5.74) is 13.1. The fourth-order valence-corrected chi connectivity index (χ4v) is 2.37. The molecule has 0 bridgehead atoms. The Kier molecular flexibility index (Phi) is 3.74. The van der Waals surface area contributed by atoms with Gasteiger partial charge < -0.3 is 5.73 Å². The lowest BCUT2D eigenvalue weighted by molar-refractivity contribution is 0.684. The monoisotopic (exact) mass is 247 g/mol. The standard InChI is InChI=1S/C13H17N3S/c1-9(15-16-13(14)17)11-8-4-6-10-5-2-3-7-12(10)11/h4,6,8H,2-3,5,7H2,1H3,(H3,14,16,17)/b15-9+. The Bertz CT molecular complexity index is 466. The first kappa shape index (κ1) is 12.0. The van der Waals surface area contributed by atoms with Crippen LogP contribution in [0, 0.1) is 0 Å². The SMILES string of the molecule is C/C(=N\NC(N)=S)c1cccc2c1CCCC2. The summed E-state index contributed by atoms with van der Waals surface area (Å²) in [4.78, 5) is 0. The third-order valence-electron chi connectivity index (χ3n) is 3.12. The molecule has 0 fully saturated rings. The average molecular weight is 247 g/mol. The summed E-state index contributed by atoms with van der Waals surface area (Å²) in [6.07, 6.45) is 4.88. The van der Waals surface area contributed by atoms with Gasteiger partial charge in [-0.2, -0.15) is 5.10 Å². The maximum atomic E-state index is 5.37. The van der Waals surface area contributed by atoms with Crippen LogP contribution in [0.1, 0.15) is 36.5 Å². The van der Waals surface area contributed by atoms with Gasteiger partial charge >= 0.3 is 0 Å². The number of thiocarbonyl (C=S) groups is 1. The van der Waals surface area contributed by atoms with Crippen LogP contribution in [-0.2, 0) is 12.8 Å². The van der Waals surface area contributed by atoms with E-state index < -0.39 is 0 Å². The zero-order chi connectivity index (χ0) is 12.3. The van der Waals surface area contributed by atoms with E-state index in [0.717, 1.165) is 12.1 Å². The van der Waals surface area contributed by atoms with Crippen molar-refractivity contribution in [1.29, 1.82) is 0 Å². The highest BCUT2D eigenvalue weighted by molar-refractivity contribution is 7.80. The van der Waals surface area contributed by atoms with Gasteiger partial charge in [0, 0.05) is 5.56 Å². The van der Waals surface area contributed by atoms with Gasteiger partial charge in [0.2, 0.25) is 0 Å². The van der Waals surface area contributed by atoms with Gasteiger partial charge in [-0.15, -0.1) is 0 Å². The van der Waals surface area contributed by atoms with E-state index in [2.05, 4.69) is 28.7 Å². The van der Waals surface area contributed by atoms with Gasteiger partial charge in [0.1, 0.15) is 0 Å². The molecule has 17 heavy (non-hydrogen) atoms. The van der Waals surface area contributed by atoms with E-state index in [1.807, 2.05) is 6.92 Å². The van der Waals surface area contributed by atoms with Crippen LogP contribution < -0.4 is 11.2 Å². The van der Waals surface area contributed by atoms with Gasteiger partial charge in [-0.05, 0) is 56.0 Å². The first-order chi connectivity index (χ1) is 8.18. The van der Waals surface area contributed by atoms with Crippen LogP contribution in [0.4, 0.5) is 0 Å². The molecule has 0 unspecified atom stereocenters. The second kappa shape index (κ2) is 5.27. The minimum absolute atomic E-state index is 0.203. The van der Waals surface area contributed by atoms with E-state index >= 15 is 0 Å². The summed E-state index contributed by atoms with van der Waals surface area (Å²) in [6.45, 7) is 1.98. The van der Waals surface area contributed by atoms with Gasteiger partial charge in [0.25, 0.3) is 0 Å². The van der Waals surface area contributed by atoms with Crippen molar-refractivity contribution in [3.8, 4) is 0 Å². The highest BCUT2D eigenvalue weighted by Crippen LogP contribution is 2.24. The summed E-state index contributed by atoms with van der Waals surface area (Å²) >= 11 is 4.74. The van der Waals surface area contributed by atoms with Crippen molar-refractivity contribution >= 4 is 23.0 Å². The Balaban J connectivity index is 2.32. The molecule has 3 nitrogen and oxygen atoms in total. The normalized spacial score (nSPS) is 15.2. The fraction of sp³-hybridized carbons (Fsp3) is 0.385. The van der Waals surface area contributed by atoms with Crippen molar-refractivity contribution in [3.63, 3.8) is 0 Å². The van der Waals surface area contributed by atoms with Crippen molar-refractivity contribution < 1.29 is 0 Å². The molecule has 0 atom stereocenters. The summed E-state index contributed by atoms with van der Waals surface area (Å²) in [6, 6.07) is 6.43. The van der Waals surface area contributed by atoms with Gasteiger partial charge in [-0.25, -0.2) is 0 Å². The number of benzene rings is 1. The van der Waals surface area contributed by atoms with E-state index in [9.17, 15) is 0 Å². The maximum absolute atomic E-state index is 5.37. The van der Waals surface area contributed by atoms with E-state index in [1.54, 1.807) is 0 Å². The fourth-order valence-electron chi connectivity index (χ4n) is 2.32. The molecule has 90 valence electrons. The molecule has 0 aliphatic heterocycles. The lowest BCUT2D eigenvalue weighted by atomic mass is 9.87. The van der Waals surface area contributed by atoms with Gasteiger partial charge in [-0.1, -0.05) is 18.2 Å². The van der Waals surface area contributed by atoms with Crippen molar-refractivity contribution in [2.75, 3.05) is 0 Å². The number of nitrogens with two attached hydrogens (primary N) is 1. The van der Waals surface area contributed by atoms with Gasteiger partial charge in [0.05, 0.1) is 5.71 Å². The Morgan fingerprint density at radius 1 is 1.35 bits per heavy atom. The molecule has 0 saturated carbocycles. The Labute approximate surface area is 107 Å². The molecule has 1 aromatic carbocycles. The number of aryl methyl sites for hydroxylation is 1. The highest BCUT2D eigenvalue weighted by Gasteiger charge is 2.14. The van der Waals surface area contributed by atoms with Crippen LogP contribution in [0.2, 0.25) is 0 Å². The van der Waals surface area contributed by atoms with Crippen LogP contribution in [0.15, 0.2) is 23.3 Å². The number of rotatable bonds is 2. The number of hydrazone groups is 1. The van der Waals surface area contributed by atoms with Crippen LogP contribution in [0.5, 0.6) is 0 Å². The topological polar surface area (TPSA) is 50.4 Å². The molecule has 0 amide bonds. The minimum Gasteiger partial charge on any atom is -0.375 e. The molecule has 1 aliphatic rings. The smallest absolute Gasteiger partial charge is 0.184 e. The number of nitrogens with one attached hydrogen (secondary N) is 1. The van der Waals surface area contributed by atoms with Crippen molar-refractivity contribution in [3.05, 3.63) is 34.9 Å². The number of fused-ring (bicyclic) bond motifs is 1. The first-order valence-corrected chi connectivity index (χ1v) is 6.30. The second-order valence-corrected chi connectivity index (χ2v) is 4.76. The largest absolute Gasteiger partial charge is 0.375 e. The maximum Gasteiger partial charge on any atom is 0.184 e. The molecular formula is C13H17N3S. The molecule has 0 aromatic heterocycles. The number of hydrogen-bond donors (Lipinski definition) is 2. The van der Waals surface area contributed by atoms with Crippen molar-refractivity contribution in [2.24, 2.45) is 10.8 Å². The molecular weight excluding hydrogens is 230 g/mol. The van der Waals surface area contributed by atoms with E-state index in [1.165, 1.54) is 36.0 Å². The van der Waals surface area contributed by atoms with E-state index in [0.29, 0.717) is 0 Å².